The topological polar surface area (TPSA) is 149 Å². The Morgan fingerprint density at radius 3 is 3.06 bits per heavy atom. The average Bonchev–Trinajstić information content (AvgIpc) is 3.42. The second-order valence-corrected chi connectivity index (χ2v) is 9.76. The Hall–Kier alpha value is -2.76. The monoisotopic (exact) mass is 474 g/mol. The number of fused-ring (bicyclic) bond motifs is 2. The van der Waals surface area contributed by atoms with Gasteiger partial charge in [0.2, 0.25) is 0 Å². The van der Waals surface area contributed by atoms with Crippen LogP contribution in [0.5, 0.6) is 0 Å². The molecule has 0 bridgehead atoms. The standard InChI is InChI=1S/C17H14N8O3S3/c18-4-7-3-9(7)14(29)19-12-15(26)24-13(17(27)28)8(6-31-16(12)24)5-30-11-2-1-10-20-22-23-25(10)21-11/h1-2,7,9,12,16H,3,5-6H2,(H,19,29)(H,27,28)/t7-,9-,12?,16-/m0/s1. The van der Waals surface area contributed by atoms with Gasteiger partial charge < -0.3 is 10.4 Å². The maximum absolute atomic E-state index is 12.8. The third-order valence-corrected chi connectivity index (χ3v) is 8.05. The smallest absolute Gasteiger partial charge is 0.352 e. The van der Waals surface area contributed by atoms with Crippen molar-refractivity contribution in [3.8, 4) is 6.07 Å². The van der Waals surface area contributed by atoms with Crippen molar-refractivity contribution in [3.63, 3.8) is 0 Å². The summed E-state index contributed by atoms with van der Waals surface area (Å²) in [7, 11) is 0. The molecule has 2 aliphatic heterocycles. The zero-order valence-corrected chi connectivity index (χ0v) is 18.2. The predicted molar refractivity (Wildman–Crippen MR) is 114 cm³/mol. The number of β-lactam (4-membered cyclic amide) rings is 1. The lowest BCUT2D eigenvalue weighted by atomic mass is 10.0. The number of carbonyl (C=O) groups is 2. The fourth-order valence-electron chi connectivity index (χ4n) is 3.55. The highest BCUT2D eigenvalue weighted by Gasteiger charge is 2.55. The van der Waals surface area contributed by atoms with E-state index in [1.807, 2.05) is 0 Å². The van der Waals surface area contributed by atoms with E-state index >= 15 is 0 Å². The summed E-state index contributed by atoms with van der Waals surface area (Å²) in [5.74, 6) is -0.709. The fraction of sp³-hybridized carbons (Fsp3) is 0.412. The van der Waals surface area contributed by atoms with Crippen LogP contribution in [0.25, 0.3) is 5.65 Å². The van der Waals surface area contributed by atoms with Crippen molar-refractivity contribution in [2.75, 3.05) is 11.5 Å². The summed E-state index contributed by atoms with van der Waals surface area (Å²) in [5, 5.41) is 37.5. The molecule has 0 spiro atoms. The van der Waals surface area contributed by atoms with Crippen LogP contribution in [-0.4, -0.2) is 75.0 Å². The highest BCUT2D eigenvalue weighted by atomic mass is 32.2. The van der Waals surface area contributed by atoms with E-state index < -0.39 is 12.0 Å². The van der Waals surface area contributed by atoms with E-state index in [2.05, 4.69) is 32.0 Å². The van der Waals surface area contributed by atoms with E-state index in [4.69, 9.17) is 17.5 Å². The Morgan fingerprint density at radius 2 is 2.32 bits per heavy atom. The predicted octanol–water partition coefficient (Wildman–Crippen LogP) is 0.310. The Balaban J connectivity index is 1.29. The molecule has 1 amide bonds. The van der Waals surface area contributed by atoms with Crippen LogP contribution in [0.3, 0.4) is 0 Å². The molecule has 31 heavy (non-hydrogen) atoms. The Bertz CT molecular complexity index is 1190. The Morgan fingerprint density at radius 1 is 1.48 bits per heavy atom. The lowest BCUT2D eigenvalue weighted by molar-refractivity contribution is -0.148. The number of hydrogen-bond donors (Lipinski definition) is 2. The SMILES string of the molecule is N#C[C@@H]1C[C@@H]1C(=S)NC1C(=O)N2C(C(=O)O)=C(CSc3ccc4nnnn4n3)CS[C@@H]12. The number of amides is 1. The average molecular weight is 475 g/mol. The summed E-state index contributed by atoms with van der Waals surface area (Å²) >= 11 is 8.19. The minimum Gasteiger partial charge on any atom is -0.477 e. The number of nitrogens with one attached hydrogen (secondary N) is 1. The van der Waals surface area contributed by atoms with Gasteiger partial charge in [0.1, 0.15) is 22.1 Å². The molecule has 0 aromatic carbocycles. The molecule has 14 heteroatoms. The van der Waals surface area contributed by atoms with Gasteiger partial charge in [-0.15, -0.1) is 38.4 Å². The normalized spacial score (nSPS) is 26.8. The molecule has 158 valence electrons. The third-order valence-electron chi connectivity index (χ3n) is 5.28. The largest absolute Gasteiger partial charge is 0.477 e. The van der Waals surface area contributed by atoms with Crippen LogP contribution in [0.1, 0.15) is 6.42 Å². The number of hydrogen-bond acceptors (Lipinski definition) is 10. The molecule has 5 rings (SSSR count). The summed E-state index contributed by atoms with van der Waals surface area (Å²) in [6, 6.07) is 5.10. The Kier molecular flexibility index (Phi) is 5.03. The first-order chi connectivity index (χ1) is 15.0. The van der Waals surface area contributed by atoms with Gasteiger partial charge in [0.05, 0.1) is 17.0 Å². The molecule has 1 saturated carbocycles. The molecule has 3 aliphatic rings. The molecule has 2 N–H and O–H groups in total. The molecule has 1 saturated heterocycles. The van der Waals surface area contributed by atoms with Gasteiger partial charge in [0.15, 0.2) is 5.65 Å². The molecule has 1 unspecified atom stereocenters. The second-order valence-electron chi connectivity index (χ2n) is 7.22. The van der Waals surface area contributed by atoms with Crippen LogP contribution in [0, 0.1) is 23.2 Å². The van der Waals surface area contributed by atoms with Crippen molar-refractivity contribution in [3.05, 3.63) is 23.4 Å². The molecule has 4 heterocycles. The summed E-state index contributed by atoms with van der Waals surface area (Å²) in [6.45, 7) is 0. The van der Waals surface area contributed by atoms with Gasteiger partial charge in [0, 0.05) is 17.4 Å². The van der Waals surface area contributed by atoms with Crippen molar-refractivity contribution in [2.24, 2.45) is 11.8 Å². The van der Waals surface area contributed by atoms with Crippen LogP contribution in [-0.2, 0) is 9.59 Å². The van der Waals surface area contributed by atoms with Gasteiger partial charge in [-0.1, -0.05) is 12.2 Å². The molecule has 11 nitrogen and oxygen atoms in total. The van der Waals surface area contributed by atoms with Crippen LogP contribution in [0.4, 0.5) is 0 Å². The molecular formula is C17H14N8O3S3. The second kappa shape index (κ2) is 7.74. The number of rotatable bonds is 6. The molecule has 2 aromatic rings. The molecule has 4 atom stereocenters. The first-order valence-corrected chi connectivity index (χ1v) is 11.7. The number of aliphatic carboxylic acids is 1. The van der Waals surface area contributed by atoms with Crippen LogP contribution in [0.15, 0.2) is 28.4 Å². The number of aromatic nitrogens is 5. The van der Waals surface area contributed by atoms with Crippen molar-refractivity contribution in [2.45, 2.75) is 22.9 Å². The summed E-state index contributed by atoms with van der Waals surface area (Å²) < 4.78 is 1.30. The quantitative estimate of drug-likeness (QED) is 0.337. The van der Waals surface area contributed by atoms with Gasteiger partial charge in [0.25, 0.3) is 5.91 Å². The van der Waals surface area contributed by atoms with Crippen LogP contribution < -0.4 is 5.32 Å². The number of carboxylic acids is 1. The molecule has 1 aliphatic carbocycles. The van der Waals surface area contributed by atoms with Gasteiger partial charge >= 0.3 is 5.97 Å². The Labute approximate surface area is 189 Å². The van der Waals surface area contributed by atoms with Crippen molar-refractivity contribution in [1.82, 2.24) is 35.5 Å². The minimum atomic E-state index is -1.13. The highest BCUT2D eigenvalue weighted by Crippen LogP contribution is 2.43. The van der Waals surface area contributed by atoms with E-state index in [0.717, 1.165) is 0 Å². The number of tetrazole rings is 1. The van der Waals surface area contributed by atoms with E-state index in [9.17, 15) is 14.7 Å². The van der Waals surface area contributed by atoms with Crippen LogP contribution >= 0.6 is 35.7 Å². The highest BCUT2D eigenvalue weighted by molar-refractivity contribution is 8.01. The first-order valence-electron chi connectivity index (χ1n) is 9.26. The van der Waals surface area contributed by atoms with Crippen molar-refractivity contribution >= 4 is 58.3 Å². The number of nitriles is 1. The van der Waals surface area contributed by atoms with Gasteiger partial charge in [-0.05, 0) is 34.6 Å². The summed E-state index contributed by atoms with van der Waals surface area (Å²) in [6.07, 6.45) is 0.705. The number of carboxylic acid groups (broad SMARTS) is 1. The summed E-state index contributed by atoms with van der Waals surface area (Å²) in [5.41, 5.74) is 1.19. The molecular weight excluding hydrogens is 460 g/mol. The van der Waals surface area contributed by atoms with E-state index in [0.29, 0.717) is 39.2 Å². The van der Waals surface area contributed by atoms with Gasteiger partial charge in [-0.25, -0.2) is 4.79 Å². The van der Waals surface area contributed by atoms with Crippen molar-refractivity contribution < 1.29 is 14.7 Å². The maximum Gasteiger partial charge on any atom is 0.352 e. The van der Waals surface area contributed by atoms with E-state index in [1.165, 1.54) is 33.1 Å². The summed E-state index contributed by atoms with van der Waals surface area (Å²) in [4.78, 5) is 26.6. The minimum absolute atomic E-state index is 0.0121. The zero-order valence-electron chi connectivity index (χ0n) is 15.7. The zero-order chi connectivity index (χ0) is 21.7. The molecule has 2 fully saturated rings. The van der Waals surface area contributed by atoms with E-state index in [-0.39, 0.29) is 28.8 Å². The molecule has 0 radical (unpaired) electrons. The molecule has 2 aromatic heterocycles. The number of carbonyl (C=O) groups excluding carboxylic acids is 1. The van der Waals surface area contributed by atoms with E-state index in [1.54, 1.807) is 12.1 Å². The van der Waals surface area contributed by atoms with Gasteiger partial charge in [-0.3, -0.25) is 9.69 Å². The number of thiocarbonyl (C=S) groups is 1. The first kappa shape index (κ1) is 20.2. The fourth-order valence-corrected chi connectivity index (χ4v) is 6.28. The third kappa shape index (κ3) is 3.52. The maximum atomic E-state index is 12.8. The lowest BCUT2D eigenvalue weighted by Crippen LogP contribution is -2.70. The lowest BCUT2D eigenvalue weighted by Gasteiger charge is -2.49. The number of nitrogens with zero attached hydrogens (tertiary/aromatic N) is 7. The number of thioether (sulfide) groups is 2. The van der Waals surface area contributed by atoms with Crippen LogP contribution in [0.2, 0.25) is 0 Å². The van der Waals surface area contributed by atoms with Crippen molar-refractivity contribution in [1.29, 1.82) is 5.26 Å². The van der Waals surface area contributed by atoms with Gasteiger partial charge in [-0.2, -0.15) is 5.26 Å².